The molecule has 3 aromatic heterocycles. The van der Waals surface area contributed by atoms with Gasteiger partial charge in [0.1, 0.15) is 0 Å². The van der Waals surface area contributed by atoms with E-state index in [2.05, 4.69) is 57.0 Å². The highest BCUT2D eigenvalue weighted by Crippen LogP contribution is 2.26. The van der Waals surface area contributed by atoms with Crippen molar-refractivity contribution in [3.8, 4) is 11.1 Å². The van der Waals surface area contributed by atoms with Crippen LogP contribution in [0.1, 0.15) is 28.5 Å². The fourth-order valence-electron chi connectivity index (χ4n) is 4.10. The molecule has 5 rings (SSSR count). The van der Waals surface area contributed by atoms with Gasteiger partial charge in [-0.1, -0.05) is 36.4 Å². The van der Waals surface area contributed by atoms with Gasteiger partial charge in [0, 0.05) is 29.8 Å². The van der Waals surface area contributed by atoms with Gasteiger partial charge in [0.05, 0.1) is 50.3 Å². The Hall–Kier alpha value is -4.24. The van der Waals surface area contributed by atoms with E-state index in [-0.39, 0.29) is 11.9 Å². The molecule has 5 aromatic rings. The van der Waals surface area contributed by atoms with Crippen molar-refractivity contribution in [2.75, 3.05) is 26.0 Å². The minimum atomic E-state index is -0.282. The summed E-state index contributed by atoms with van der Waals surface area (Å²) in [6.45, 7) is 1.00. The van der Waals surface area contributed by atoms with E-state index in [1.54, 1.807) is 12.4 Å². The summed E-state index contributed by atoms with van der Waals surface area (Å²) in [6.07, 6.45) is 8.08. The fraction of sp³-hybridized carbons (Fsp3) is 0.200. The first-order valence-corrected chi connectivity index (χ1v) is 11.3. The van der Waals surface area contributed by atoms with Crippen LogP contribution in [-0.4, -0.2) is 56.7 Å². The third kappa shape index (κ3) is 4.46. The van der Waals surface area contributed by atoms with Crippen LogP contribution in [0, 0.1) is 0 Å². The normalized spacial score (nSPS) is 12.3. The van der Waals surface area contributed by atoms with Gasteiger partial charge in [-0.05, 0) is 23.3 Å². The van der Waals surface area contributed by atoms with E-state index in [1.165, 1.54) is 10.5 Å². The van der Waals surface area contributed by atoms with Gasteiger partial charge in [-0.15, -0.1) is 0 Å². The number of carbonyl (C=O) groups excluding carboxylic acids is 1. The van der Waals surface area contributed by atoms with Crippen molar-refractivity contribution in [3.63, 3.8) is 0 Å². The maximum Gasteiger partial charge on any atom is 0.276 e. The molecular weight excluding hydrogens is 428 g/mol. The lowest BCUT2D eigenvalue weighted by Gasteiger charge is -2.19. The highest BCUT2D eigenvalue weighted by atomic mass is 16.2. The minimum absolute atomic E-state index is 0.0920. The molecule has 3 heterocycles. The quantitative estimate of drug-likeness (QED) is 0.288. The van der Waals surface area contributed by atoms with E-state index >= 15 is 0 Å². The van der Waals surface area contributed by atoms with Gasteiger partial charge in [-0.25, -0.2) is 0 Å². The molecule has 34 heavy (non-hydrogen) atoms. The predicted octanol–water partition coefficient (Wildman–Crippen LogP) is 2.53. The standard InChI is InChI=1S/C25H26N8O/c1-32(2)11-10-23(17-6-4-3-5-7-17)33-16-20(15-28-33)29-25(34)24-21-9-8-18(12-22(21)30-31-24)19-13-26-27-14-19/h3-9,12-16,23H,10-11H2,1-2H3,(H,26,27)(H,29,34)(H,30,31)/p+1/t23-/m1/s1. The molecule has 0 aliphatic heterocycles. The Morgan fingerprint density at radius 1 is 1.12 bits per heavy atom. The summed E-state index contributed by atoms with van der Waals surface area (Å²) in [6, 6.07) is 16.2. The second-order valence-electron chi connectivity index (χ2n) is 8.65. The topological polar surface area (TPSA) is 109 Å². The number of carbonyl (C=O) groups is 1. The number of benzene rings is 2. The van der Waals surface area contributed by atoms with Crippen LogP contribution in [0.25, 0.3) is 22.0 Å². The van der Waals surface area contributed by atoms with Crippen LogP contribution in [0.3, 0.4) is 0 Å². The molecule has 1 amide bonds. The first-order chi connectivity index (χ1) is 16.6. The third-order valence-corrected chi connectivity index (χ3v) is 5.89. The molecule has 4 N–H and O–H groups in total. The number of amides is 1. The van der Waals surface area contributed by atoms with Crippen LogP contribution in [0.15, 0.2) is 73.3 Å². The van der Waals surface area contributed by atoms with Crippen LogP contribution in [-0.2, 0) is 0 Å². The Labute approximate surface area is 196 Å². The molecular formula is C25H27N8O+. The Morgan fingerprint density at radius 2 is 1.97 bits per heavy atom. The van der Waals surface area contributed by atoms with E-state index in [0.717, 1.165) is 35.0 Å². The van der Waals surface area contributed by atoms with E-state index in [4.69, 9.17) is 0 Å². The summed E-state index contributed by atoms with van der Waals surface area (Å²) in [7, 11) is 4.28. The number of anilines is 1. The molecule has 0 radical (unpaired) electrons. The Kier molecular flexibility index (Phi) is 5.92. The lowest BCUT2D eigenvalue weighted by molar-refractivity contribution is -0.858. The number of hydrogen-bond donors (Lipinski definition) is 4. The number of quaternary nitrogens is 1. The molecule has 1 atom stereocenters. The zero-order valence-electron chi connectivity index (χ0n) is 19.1. The molecule has 0 fully saturated rings. The maximum absolute atomic E-state index is 13.0. The third-order valence-electron chi connectivity index (χ3n) is 5.89. The lowest BCUT2D eigenvalue weighted by atomic mass is 10.0. The maximum atomic E-state index is 13.0. The smallest absolute Gasteiger partial charge is 0.276 e. The Morgan fingerprint density at radius 3 is 2.74 bits per heavy atom. The number of fused-ring (bicyclic) bond motifs is 1. The molecule has 9 nitrogen and oxygen atoms in total. The van der Waals surface area contributed by atoms with Crippen LogP contribution in [0.4, 0.5) is 5.69 Å². The number of nitrogens with one attached hydrogen (secondary N) is 4. The summed E-state index contributed by atoms with van der Waals surface area (Å²) in [5, 5.41) is 22.3. The Balaban J connectivity index is 1.35. The van der Waals surface area contributed by atoms with Crippen LogP contribution < -0.4 is 10.2 Å². The van der Waals surface area contributed by atoms with Crippen molar-refractivity contribution in [1.82, 2.24) is 30.2 Å². The number of hydrogen-bond acceptors (Lipinski definition) is 4. The summed E-state index contributed by atoms with van der Waals surface area (Å²) in [4.78, 5) is 14.4. The molecule has 0 aliphatic rings. The van der Waals surface area contributed by atoms with Crippen molar-refractivity contribution in [3.05, 3.63) is 84.6 Å². The predicted molar refractivity (Wildman–Crippen MR) is 131 cm³/mol. The van der Waals surface area contributed by atoms with Gasteiger partial charge in [-0.3, -0.25) is 19.7 Å². The average Bonchev–Trinajstić information content (AvgIpc) is 3.60. The average molecular weight is 456 g/mol. The summed E-state index contributed by atoms with van der Waals surface area (Å²) < 4.78 is 1.92. The molecule has 9 heteroatoms. The summed E-state index contributed by atoms with van der Waals surface area (Å²) >= 11 is 0. The SMILES string of the molecule is C[NH+](C)CC[C@H](c1ccccc1)n1cc(NC(=O)c2n[nH]c3cc(-c4cn[nH]c4)ccc23)cn1. The molecule has 172 valence electrons. The second kappa shape index (κ2) is 9.32. The molecule has 2 aromatic carbocycles. The van der Waals surface area contributed by atoms with Gasteiger partial charge in [0.2, 0.25) is 0 Å². The first-order valence-electron chi connectivity index (χ1n) is 11.3. The van der Waals surface area contributed by atoms with Crippen molar-refractivity contribution >= 4 is 22.5 Å². The van der Waals surface area contributed by atoms with Crippen LogP contribution >= 0.6 is 0 Å². The number of H-pyrrole nitrogens is 2. The molecule has 0 aliphatic carbocycles. The lowest BCUT2D eigenvalue weighted by Crippen LogP contribution is -3.05. The monoisotopic (exact) mass is 455 g/mol. The molecule has 0 saturated carbocycles. The number of aromatic amines is 2. The Bertz CT molecular complexity index is 1390. The van der Waals surface area contributed by atoms with E-state index in [1.807, 2.05) is 53.5 Å². The van der Waals surface area contributed by atoms with E-state index in [9.17, 15) is 4.79 Å². The van der Waals surface area contributed by atoms with Crippen molar-refractivity contribution in [1.29, 1.82) is 0 Å². The van der Waals surface area contributed by atoms with E-state index < -0.39 is 0 Å². The highest BCUT2D eigenvalue weighted by molar-refractivity contribution is 6.11. The first kappa shape index (κ1) is 21.6. The molecule has 0 unspecified atom stereocenters. The van der Waals surface area contributed by atoms with Gasteiger partial charge in [0.15, 0.2) is 5.69 Å². The van der Waals surface area contributed by atoms with Crippen molar-refractivity contribution < 1.29 is 9.69 Å². The molecule has 0 saturated heterocycles. The van der Waals surface area contributed by atoms with Crippen LogP contribution in [0.5, 0.6) is 0 Å². The van der Waals surface area contributed by atoms with E-state index in [0.29, 0.717) is 11.4 Å². The van der Waals surface area contributed by atoms with Crippen LogP contribution in [0.2, 0.25) is 0 Å². The van der Waals surface area contributed by atoms with Gasteiger partial charge >= 0.3 is 0 Å². The fourth-order valence-corrected chi connectivity index (χ4v) is 4.10. The van der Waals surface area contributed by atoms with Crippen molar-refractivity contribution in [2.45, 2.75) is 12.5 Å². The molecule has 0 spiro atoms. The number of nitrogens with zero attached hydrogens (tertiary/aromatic N) is 4. The van der Waals surface area contributed by atoms with Gasteiger partial charge in [0.25, 0.3) is 5.91 Å². The zero-order chi connectivity index (χ0) is 23.5. The number of rotatable bonds is 8. The van der Waals surface area contributed by atoms with Gasteiger partial charge in [-0.2, -0.15) is 15.3 Å². The van der Waals surface area contributed by atoms with Crippen molar-refractivity contribution in [2.24, 2.45) is 0 Å². The largest absolute Gasteiger partial charge is 0.340 e. The highest BCUT2D eigenvalue weighted by Gasteiger charge is 2.19. The second-order valence-corrected chi connectivity index (χ2v) is 8.65. The summed E-state index contributed by atoms with van der Waals surface area (Å²) in [5.74, 6) is -0.282. The zero-order valence-corrected chi connectivity index (χ0v) is 19.1. The van der Waals surface area contributed by atoms with Gasteiger partial charge < -0.3 is 10.2 Å². The minimum Gasteiger partial charge on any atom is -0.340 e. The molecule has 0 bridgehead atoms. The number of aromatic nitrogens is 6. The summed E-state index contributed by atoms with van der Waals surface area (Å²) in [5.41, 5.74) is 4.92.